The number of hydrogen-bond donors (Lipinski definition) is 3. The van der Waals surface area contributed by atoms with Crippen molar-refractivity contribution < 1.29 is 19.4 Å². The van der Waals surface area contributed by atoms with E-state index in [-0.39, 0.29) is 17.8 Å². The lowest BCUT2D eigenvalue weighted by Crippen LogP contribution is -2.30. The normalized spacial score (nSPS) is 23.1. The molecule has 2 rings (SSSR count). The maximum atomic E-state index is 13.8. The predicted octanol–water partition coefficient (Wildman–Crippen LogP) is 1.88. The van der Waals surface area contributed by atoms with Gasteiger partial charge in [0.15, 0.2) is 11.6 Å². The van der Waals surface area contributed by atoms with E-state index in [0.29, 0.717) is 6.54 Å². The lowest BCUT2D eigenvalue weighted by molar-refractivity contribution is 0.0690. The smallest absolute Gasteiger partial charge is 0.338 e. The molecular weight excluding hydrogens is 251 g/mol. The van der Waals surface area contributed by atoms with Crippen LogP contribution < -0.4 is 5.32 Å². The number of aliphatic hydroxyl groups excluding tert-OH is 1. The highest BCUT2D eigenvalue weighted by Crippen LogP contribution is 2.25. The highest BCUT2D eigenvalue weighted by molar-refractivity contribution is 5.88. The van der Waals surface area contributed by atoms with Gasteiger partial charge < -0.3 is 15.5 Å². The molecule has 0 saturated heterocycles. The molecule has 6 heteroatoms. The number of aromatic carboxylic acids is 1. The fourth-order valence-electron chi connectivity index (χ4n) is 2.39. The molecule has 0 radical (unpaired) electrons. The van der Waals surface area contributed by atoms with E-state index in [9.17, 15) is 14.3 Å². The van der Waals surface area contributed by atoms with E-state index in [1.54, 1.807) is 0 Å². The number of carboxylic acid groups (broad SMARTS) is 1. The summed E-state index contributed by atoms with van der Waals surface area (Å²) in [5.41, 5.74) is -0.401. The van der Waals surface area contributed by atoms with Gasteiger partial charge in [0.1, 0.15) is 5.56 Å². The number of nitrogens with one attached hydrogen (secondary N) is 1. The summed E-state index contributed by atoms with van der Waals surface area (Å²) in [6, 6.07) is 1.12. The number of aliphatic hydroxyl groups is 1. The van der Waals surface area contributed by atoms with Gasteiger partial charge in [0, 0.05) is 18.7 Å². The number of hydrogen-bond acceptors (Lipinski definition) is 4. The zero-order chi connectivity index (χ0) is 13.8. The van der Waals surface area contributed by atoms with Crippen LogP contribution in [0.4, 0.5) is 10.2 Å². The summed E-state index contributed by atoms with van der Waals surface area (Å²) in [4.78, 5) is 14.6. The average Bonchev–Trinajstić information content (AvgIpc) is 2.39. The highest BCUT2D eigenvalue weighted by atomic mass is 19.1. The Morgan fingerprint density at radius 3 is 2.89 bits per heavy atom. The van der Waals surface area contributed by atoms with Gasteiger partial charge in [-0.2, -0.15) is 0 Å². The molecule has 1 fully saturated rings. The summed E-state index contributed by atoms with van der Waals surface area (Å²) in [5.74, 6) is -2.19. The Balaban J connectivity index is 2.03. The standard InChI is InChI=1S/C13H17FN2O3/c14-11-9(13(18)19)5-6-15-12(11)16-7-8-3-1-2-4-10(8)17/h5-6,8,10,17H,1-4,7H2,(H,15,16)(H,18,19). The van der Waals surface area contributed by atoms with Gasteiger partial charge in [0.25, 0.3) is 0 Å². The Morgan fingerprint density at radius 1 is 1.47 bits per heavy atom. The minimum Gasteiger partial charge on any atom is -0.478 e. The monoisotopic (exact) mass is 268 g/mol. The first-order valence-electron chi connectivity index (χ1n) is 6.39. The fourth-order valence-corrected chi connectivity index (χ4v) is 2.39. The SMILES string of the molecule is O=C(O)c1ccnc(NCC2CCCCC2O)c1F. The topological polar surface area (TPSA) is 82.5 Å². The van der Waals surface area contributed by atoms with Crippen molar-refractivity contribution in [1.29, 1.82) is 0 Å². The van der Waals surface area contributed by atoms with E-state index in [0.717, 1.165) is 31.7 Å². The van der Waals surface area contributed by atoms with E-state index in [2.05, 4.69) is 10.3 Å². The first-order valence-corrected chi connectivity index (χ1v) is 6.39. The van der Waals surface area contributed by atoms with Crippen LogP contribution in [0.1, 0.15) is 36.0 Å². The van der Waals surface area contributed by atoms with Crippen LogP contribution in [0.25, 0.3) is 0 Å². The van der Waals surface area contributed by atoms with Crippen LogP contribution in [0, 0.1) is 11.7 Å². The minimum absolute atomic E-state index is 0.0587. The van der Waals surface area contributed by atoms with Crippen LogP contribution >= 0.6 is 0 Å². The second-order valence-electron chi connectivity index (χ2n) is 4.82. The number of rotatable bonds is 4. The molecule has 1 aromatic heterocycles. The van der Waals surface area contributed by atoms with Crippen molar-refractivity contribution in [2.24, 2.45) is 5.92 Å². The van der Waals surface area contributed by atoms with E-state index in [4.69, 9.17) is 5.11 Å². The van der Waals surface area contributed by atoms with Crippen LogP contribution in [0.5, 0.6) is 0 Å². The second kappa shape index (κ2) is 5.97. The van der Waals surface area contributed by atoms with Crippen LogP contribution in [0.15, 0.2) is 12.3 Å². The molecule has 0 aliphatic heterocycles. The fraction of sp³-hybridized carbons (Fsp3) is 0.538. The number of nitrogens with zero attached hydrogens (tertiary/aromatic N) is 1. The number of aromatic nitrogens is 1. The summed E-state index contributed by atoms with van der Waals surface area (Å²) in [6.07, 6.45) is 4.58. The Kier molecular flexibility index (Phi) is 4.31. The van der Waals surface area contributed by atoms with Gasteiger partial charge in [0.2, 0.25) is 0 Å². The van der Waals surface area contributed by atoms with Gasteiger partial charge in [-0.15, -0.1) is 0 Å². The third-order valence-corrected chi connectivity index (χ3v) is 3.52. The largest absolute Gasteiger partial charge is 0.478 e. The van der Waals surface area contributed by atoms with Crippen LogP contribution in [-0.4, -0.2) is 33.8 Å². The minimum atomic E-state index is -1.32. The predicted molar refractivity (Wildman–Crippen MR) is 67.6 cm³/mol. The summed E-state index contributed by atoms with van der Waals surface area (Å²) in [7, 11) is 0. The zero-order valence-electron chi connectivity index (χ0n) is 10.5. The molecule has 3 N–H and O–H groups in total. The third-order valence-electron chi connectivity index (χ3n) is 3.52. The lowest BCUT2D eigenvalue weighted by Gasteiger charge is -2.27. The second-order valence-corrected chi connectivity index (χ2v) is 4.82. The molecule has 5 nitrogen and oxygen atoms in total. The van der Waals surface area contributed by atoms with Crippen LogP contribution in [-0.2, 0) is 0 Å². The first-order chi connectivity index (χ1) is 9.09. The Morgan fingerprint density at radius 2 is 2.21 bits per heavy atom. The van der Waals surface area contributed by atoms with E-state index < -0.39 is 17.3 Å². The van der Waals surface area contributed by atoms with Crippen LogP contribution in [0.3, 0.4) is 0 Å². The molecular formula is C13H17FN2O3. The van der Waals surface area contributed by atoms with Crippen molar-refractivity contribution in [3.8, 4) is 0 Å². The highest BCUT2D eigenvalue weighted by Gasteiger charge is 2.23. The number of pyridine rings is 1. The van der Waals surface area contributed by atoms with E-state index >= 15 is 0 Å². The third kappa shape index (κ3) is 3.20. The average molecular weight is 268 g/mol. The van der Waals surface area contributed by atoms with Crippen molar-refractivity contribution in [2.45, 2.75) is 31.8 Å². The summed E-state index contributed by atoms with van der Waals surface area (Å²) < 4.78 is 13.8. The molecule has 2 unspecified atom stereocenters. The molecule has 1 aromatic rings. The van der Waals surface area contributed by atoms with Gasteiger partial charge in [-0.05, 0) is 18.9 Å². The molecule has 19 heavy (non-hydrogen) atoms. The number of halogens is 1. The first kappa shape index (κ1) is 13.7. The molecule has 0 spiro atoms. The molecule has 1 aliphatic carbocycles. The number of carbonyl (C=O) groups is 1. The molecule has 104 valence electrons. The molecule has 2 atom stereocenters. The van der Waals surface area contributed by atoms with E-state index in [1.165, 1.54) is 6.20 Å². The molecule has 0 amide bonds. The van der Waals surface area contributed by atoms with Gasteiger partial charge in [-0.25, -0.2) is 14.2 Å². The molecule has 1 saturated carbocycles. The van der Waals surface area contributed by atoms with Crippen molar-refractivity contribution in [1.82, 2.24) is 4.98 Å². The molecule has 1 heterocycles. The van der Waals surface area contributed by atoms with Crippen molar-refractivity contribution >= 4 is 11.8 Å². The molecule has 0 bridgehead atoms. The zero-order valence-corrected chi connectivity index (χ0v) is 10.5. The summed E-state index contributed by atoms with van der Waals surface area (Å²) in [6.45, 7) is 0.397. The van der Waals surface area contributed by atoms with Gasteiger partial charge in [-0.3, -0.25) is 0 Å². The maximum Gasteiger partial charge on any atom is 0.338 e. The molecule has 0 aromatic carbocycles. The number of anilines is 1. The van der Waals surface area contributed by atoms with Crippen molar-refractivity contribution in [3.63, 3.8) is 0 Å². The summed E-state index contributed by atoms with van der Waals surface area (Å²) in [5, 5.41) is 21.4. The lowest BCUT2D eigenvalue weighted by atomic mass is 9.86. The van der Waals surface area contributed by atoms with Gasteiger partial charge in [0.05, 0.1) is 6.10 Å². The summed E-state index contributed by atoms with van der Waals surface area (Å²) >= 11 is 0. The van der Waals surface area contributed by atoms with Gasteiger partial charge >= 0.3 is 5.97 Å². The van der Waals surface area contributed by atoms with Crippen molar-refractivity contribution in [2.75, 3.05) is 11.9 Å². The van der Waals surface area contributed by atoms with E-state index in [1.807, 2.05) is 0 Å². The van der Waals surface area contributed by atoms with Crippen LogP contribution in [0.2, 0.25) is 0 Å². The van der Waals surface area contributed by atoms with Crippen molar-refractivity contribution in [3.05, 3.63) is 23.6 Å². The molecule has 1 aliphatic rings. The van der Waals surface area contributed by atoms with Gasteiger partial charge in [-0.1, -0.05) is 12.8 Å². The number of carboxylic acids is 1. The maximum absolute atomic E-state index is 13.8. The quantitative estimate of drug-likeness (QED) is 0.776. The Bertz CT molecular complexity index is 467. The Hall–Kier alpha value is -1.69. The Labute approximate surface area is 110 Å².